The molecule has 82 valence electrons. The van der Waals surface area contributed by atoms with Gasteiger partial charge >= 0.3 is 6.03 Å². The van der Waals surface area contributed by atoms with Gasteiger partial charge in [0.25, 0.3) is 0 Å². The Labute approximate surface area is 84.2 Å². The van der Waals surface area contributed by atoms with Crippen LogP contribution in [0.1, 0.15) is 33.6 Å². The molecule has 0 aromatic carbocycles. The first-order valence-electron chi connectivity index (χ1n) is 4.55. The van der Waals surface area contributed by atoms with Crippen LogP contribution in [0.5, 0.6) is 0 Å². The number of imide groups is 1. The summed E-state index contributed by atoms with van der Waals surface area (Å²) in [7, 11) is 0. The van der Waals surface area contributed by atoms with Gasteiger partial charge in [0.2, 0.25) is 5.91 Å². The maximum Gasteiger partial charge on any atom is 0.318 e. The summed E-state index contributed by atoms with van der Waals surface area (Å²) in [6, 6.07) is -1.08. The average molecular weight is 201 g/mol. The lowest BCUT2D eigenvalue weighted by Gasteiger charge is -2.22. The lowest BCUT2D eigenvalue weighted by Crippen LogP contribution is -2.39. The number of hydrogen-bond donors (Lipinski definition) is 3. The number of nitrogens with two attached hydrogens (primary N) is 2. The molecule has 5 heteroatoms. The minimum Gasteiger partial charge on any atom is -0.351 e. The smallest absolute Gasteiger partial charge is 0.318 e. The standard InChI is InChI=1S/C9H19N3O2/c1-9(2,3)5-6(10)4-7(13)12-8(11)14/h6H,4-5,10H2,1-3H3,(H3,11,12,13,14). The van der Waals surface area contributed by atoms with Crippen molar-refractivity contribution < 1.29 is 9.59 Å². The van der Waals surface area contributed by atoms with E-state index in [4.69, 9.17) is 11.5 Å². The van der Waals surface area contributed by atoms with Crippen LogP contribution in [0.4, 0.5) is 4.79 Å². The fourth-order valence-corrected chi connectivity index (χ4v) is 1.29. The molecule has 1 unspecified atom stereocenters. The molecule has 14 heavy (non-hydrogen) atoms. The first kappa shape index (κ1) is 12.9. The minimum atomic E-state index is -0.835. The van der Waals surface area contributed by atoms with E-state index in [0.29, 0.717) is 0 Å². The molecule has 0 aromatic heterocycles. The summed E-state index contributed by atoms with van der Waals surface area (Å²) in [5.41, 5.74) is 10.6. The third kappa shape index (κ3) is 7.54. The van der Waals surface area contributed by atoms with Crippen molar-refractivity contribution in [2.45, 2.75) is 39.7 Å². The number of primary amides is 1. The van der Waals surface area contributed by atoms with Gasteiger partial charge in [-0.25, -0.2) is 4.79 Å². The largest absolute Gasteiger partial charge is 0.351 e. The Morgan fingerprint density at radius 3 is 2.21 bits per heavy atom. The van der Waals surface area contributed by atoms with Crippen LogP contribution in [-0.2, 0) is 4.79 Å². The van der Waals surface area contributed by atoms with E-state index in [1.165, 1.54) is 0 Å². The van der Waals surface area contributed by atoms with E-state index in [0.717, 1.165) is 6.42 Å². The van der Waals surface area contributed by atoms with E-state index < -0.39 is 11.9 Å². The lowest BCUT2D eigenvalue weighted by molar-refractivity contribution is -0.120. The van der Waals surface area contributed by atoms with E-state index in [-0.39, 0.29) is 17.9 Å². The van der Waals surface area contributed by atoms with Crippen LogP contribution in [-0.4, -0.2) is 18.0 Å². The van der Waals surface area contributed by atoms with Gasteiger partial charge in [-0.15, -0.1) is 0 Å². The second kappa shape index (κ2) is 4.95. The minimum absolute atomic E-state index is 0.0758. The zero-order chi connectivity index (χ0) is 11.4. The Morgan fingerprint density at radius 1 is 1.36 bits per heavy atom. The van der Waals surface area contributed by atoms with Crippen LogP contribution < -0.4 is 16.8 Å². The fourth-order valence-electron chi connectivity index (χ4n) is 1.29. The molecule has 0 aliphatic carbocycles. The molecular weight excluding hydrogens is 182 g/mol. The van der Waals surface area contributed by atoms with E-state index in [1.807, 2.05) is 26.1 Å². The van der Waals surface area contributed by atoms with Gasteiger partial charge in [0, 0.05) is 12.5 Å². The van der Waals surface area contributed by atoms with Crippen molar-refractivity contribution >= 4 is 11.9 Å². The molecule has 0 saturated carbocycles. The zero-order valence-corrected chi connectivity index (χ0v) is 8.96. The number of urea groups is 1. The molecule has 0 spiro atoms. The van der Waals surface area contributed by atoms with Crippen molar-refractivity contribution in [1.29, 1.82) is 0 Å². The number of hydrogen-bond acceptors (Lipinski definition) is 3. The lowest BCUT2D eigenvalue weighted by atomic mass is 9.87. The Hall–Kier alpha value is -1.10. The highest BCUT2D eigenvalue weighted by Crippen LogP contribution is 2.20. The second-order valence-corrected chi connectivity index (χ2v) is 4.64. The summed E-state index contributed by atoms with van der Waals surface area (Å²) in [5.74, 6) is -0.422. The molecule has 0 fully saturated rings. The van der Waals surface area contributed by atoms with Gasteiger partial charge in [0.05, 0.1) is 0 Å². The first-order valence-corrected chi connectivity index (χ1v) is 4.55. The van der Waals surface area contributed by atoms with E-state index >= 15 is 0 Å². The van der Waals surface area contributed by atoms with Gasteiger partial charge in [-0.05, 0) is 11.8 Å². The third-order valence-electron chi connectivity index (χ3n) is 1.58. The van der Waals surface area contributed by atoms with E-state index in [1.54, 1.807) is 0 Å². The number of nitrogens with one attached hydrogen (secondary N) is 1. The molecular formula is C9H19N3O2. The van der Waals surface area contributed by atoms with Crippen molar-refractivity contribution in [2.24, 2.45) is 16.9 Å². The zero-order valence-electron chi connectivity index (χ0n) is 8.96. The number of amides is 3. The molecule has 0 aliphatic rings. The normalized spacial score (nSPS) is 13.4. The van der Waals surface area contributed by atoms with Crippen molar-refractivity contribution in [2.75, 3.05) is 0 Å². The molecule has 0 aliphatic heterocycles. The summed E-state index contributed by atoms with van der Waals surface area (Å²) in [6.45, 7) is 6.12. The summed E-state index contributed by atoms with van der Waals surface area (Å²) < 4.78 is 0. The molecule has 0 rings (SSSR count). The van der Waals surface area contributed by atoms with Crippen LogP contribution in [0, 0.1) is 5.41 Å². The van der Waals surface area contributed by atoms with Crippen molar-refractivity contribution in [1.82, 2.24) is 5.32 Å². The van der Waals surface area contributed by atoms with Crippen molar-refractivity contribution in [3.63, 3.8) is 0 Å². The quantitative estimate of drug-likeness (QED) is 0.613. The van der Waals surface area contributed by atoms with Gasteiger partial charge in [0.1, 0.15) is 0 Å². The number of rotatable bonds is 3. The van der Waals surface area contributed by atoms with E-state index in [2.05, 4.69) is 0 Å². The van der Waals surface area contributed by atoms with Gasteiger partial charge in [-0.1, -0.05) is 20.8 Å². The molecule has 0 aromatic rings. The molecule has 0 radical (unpaired) electrons. The SMILES string of the molecule is CC(C)(C)CC(N)CC(=O)NC(N)=O. The average Bonchev–Trinajstić information content (AvgIpc) is 1.77. The summed E-state index contributed by atoms with van der Waals surface area (Å²) in [4.78, 5) is 21.4. The number of carbonyl (C=O) groups is 2. The highest BCUT2D eigenvalue weighted by atomic mass is 16.2. The molecule has 0 saturated heterocycles. The molecule has 5 nitrogen and oxygen atoms in total. The van der Waals surface area contributed by atoms with Gasteiger partial charge < -0.3 is 11.5 Å². The predicted molar refractivity (Wildman–Crippen MR) is 54.4 cm³/mol. The van der Waals surface area contributed by atoms with Crippen LogP contribution in [0.2, 0.25) is 0 Å². The van der Waals surface area contributed by atoms with Gasteiger partial charge in [0.15, 0.2) is 0 Å². The summed E-state index contributed by atoms with van der Waals surface area (Å²) in [5, 5.41) is 1.98. The Bertz CT molecular complexity index is 221. The first-order chi connectivity index (χ1) is 6.20. The molecule has 5 N–H and O–H groups in total. The summed E-state index contributed by atoms with van der Waals surface area (Å²) >= 11 is 0. The van der Waals surface area contributed by atoms with Crippen LogP contribution in [0.15, 0.2) is 0 Å². The van der Waals surface area contributed by atoms with Gasteiger partial charge in [-0.3, -0.25) is 10.1 Å². The Balaban J connectivity index is 3.89. The maximum atomic E-state index is 11.1. The van der Waals surface area contributed by atoms with E-state index in [9.17, 15) is 9.59 Å². The van der Waals surface area contributed by atoms with Crippen LogP contribution in [0.3, 0.4) is 0 Å². The maximum absolute atomic E-state index is 11.1. The highest BCUT2D eigenvalue weighted by molar-refractivity contribution is 5.93. The third-order valence-corrected chi connectivity index (χ3v) is 1.58. The predicted octanol–water partition coefficient (Wildman–Crippen LogP) is 0.335. The second-order valence-electron chi connectivity index (χ2n) is 4.64. The van der Waals surface area contributed by atoms with Crippen LogP contribution in [0.25, 0.3) is 0 Å². The Kier molecular flexibility index (Phi) is 4.56. The van der Waals surface area contributed by atoms with Crippen LogP contribution >= 0.6 is 0 Å². The molecule has 1 atom stereocenters. The monoisotopic (exact) mass is 201 g/mol. The molecule has 0 bridgehead atoms. The topological polar surface area (TPSA) is 98.2 Å². The highest BCUT2D eigenvalue weighted by Gasteiger charge is 2.18. The van der Waals surface area contributed by atoms with Crippen molar-refractivity contribution in [3.05, 3.63) is 0 Å². The van der Waals surface area contributed by atoms with Crippen molar-refractivity contribution in [3.8, 4) is 0 Å². The van der Waals surface area contributed by atoms with Gasteiger partial charge in [-0.2, -0.15) is 0 Å². The summed E-state index contributed by atoms with van der Waals surface area (Å²) in [6.07, 6.45) is 0.847. The molecule has 3 amide bonds. The molecule has 0 heterocycles. The Morgan fingerprint density at radius 2 is 1.86 bits per heavy atom. The fraction of sp³-hybridized carbons (Fsp3) is 0.778. The number of carbonyl (C=O) groups excluding carboxylic acids is 2.